The van der Waals surface area contributed by atoms with E-state index in [-0.39, 0.29) is 11.9 Å². The van der Waals surface area contributed by atoms with E-state index in [1.165, 1.54) is 17.5 Å². The second-order valence-corrected chi connectivity index (χ2v) is 7.03. The average molecular weight is 367 g/mol. The molecule has 2 aromatic rings. The van der Waals surface area contributed by atoms with Gasteiger partial charge >= 0.3 is 12.0 Å². The summed E-state index contributed by atoms with van der Waals surface area (Å²) in [7, 11) is 3.16. The monoisotopic (exact) mass is 367 g/mol. The lowest BCUT2D eigenvalue weighted by molar-refractivity contribution is -0.677. The molecular weight excluding hydrogens is 344 g/mol. The number of amides is 3. The molecule has 140 valence electrons. The van der Waals surface area contributed by atoms with Crippen molar-refractivity contribution in [1.29, 1.82) is 0 Å². The molecule has 1 atom stereocenters. The van der Waals surface area contributed by atoms with Crippen LogP contribution in [0.2, 0.25) is 0 Å². The highest BCUT2D eigenvalue weighted by molar-refractivity contribution is 6.18. The van der Waals surface area contributed by atoms with Crippen molar-refractivity contribution in [2.45, 2.75) is 26.4 Å². The normalized spacial score (nSPS) is 18.5. The summed E-state index contributed by atoms with van der Waals surface area (Å²) in [6, 6.07) is 7.33. The lowest BCUT2D eigenvalue weighted by Gasteiger charge is -2.30. The molecule has 4 rings (SSSR count). The third-order valence-corrected chi connectivity index (χ3v) is 5.16. The number of urea groups is 1. The lowest BCUT2D eigenvalue weighted by atomic mass is 10.2. The second kappa shape index (κ2) is 6.22. The van der Waals surface area contributed by atoms with Crippen LogP contribution < -0.4 is 9.88 Å². The molecule has 2 aliphatic heterocycles. The highest BCUT2D eigenvalue weighted by atomic mass is 16.2. The summed E-state index contributed by atoms with van der Waals surface area (Å²) >= 11 is 0. The van der Waals surface area contributed by atoms with Crippen molar-refractivity contribution in [3.8, 4) is 0 Å². The maximum Gasteiger partial charge on any atom is 0.401 e. The molecule has 0 saturated carbocycles. The first kappa shape index (κ1) is 17.3. The summed E-state index contributed by atoms with van der Waals surface area (Å²) in [6.45, 7) is 5.49. The maximum absolute atomic E-state index is 12.6. The Balaban J connectivity index is 1.57. The van der Waals surface area contributed by atoms with Gasteiger partial charge in [-0.3, -0.25) is 14.6 Å². The van der Waals surface area contributed by atoms with E-state index in [1.54, 1.807) is 7.05 Å². The quantitative estimate of drug-likeness (QED) is 0.835. The van der Waals surface area contributed by atoms with E-state index >= 15 is 0 Å². The minimum Gasteiger partial charge on any atom is -0.382 e. The highest BCUT2D eigenvalue weighted by Crippen LogP contribution is 2.28. The summed E-state index contributed by atoms with van der Waals surface area (Å²) in [6.07, 6.45) is 1.93. The van der Waals surface area contributed by atoms with Crippen LogP contribution >= 0.6 is 0 Å². The molecule has 0 bridgehead atoms. The third kappa shape index (κ3) is 2.68. The average Bonchev–Trinajstić information content (AvgIpc) is 3.16. The molecule has 2 aliphatic rings. The van der Waals surface area contributed by atoms with Crippen molar-refractivity contribution in [3.63, 3.8) is 0 Å². The van der Waals surface area contributed by atoms with Crippen molar-refractivity contribution in [1.82, 2.24) is 14.4 Å². The number of carbonyl (C=O) groups is 2. The number of carbonyl (C=O) groups excluding carboxylic acids is 2. The summed E-state index contributed by atoms with van der Waals surface area (Å²) in [4.78, 5) is 32.0. The van der Waals surface area contributed by atoms with Crippen molar-refractivity contribution in [2.75, 3.05) is 26.0 Å². The number of hydrogen-bond acceptors (Lipinski definition) is 4. The SMILES string of the molecule is Cc1ccc(NCCn2c(C)c[n+]3c2N=C2C3C(=O)N(C)C(=O)N2C)cc1. The Bertz CT molecular complexity index is 959. The molecule has 3 amide bonds. The molecule has 27 heavy (non-hydrogen) atoms. The third-order valence-electron chi connectivity index (χ3n) is 5.16. The minimum atomic E-state index is -0.572. The fourth-order valence-corrected chi connectivity index (χ4v) is 3.57. The molecular formula is C19H23N6O2+. The van der Waals surface area contributed by atoms with Crippen LogP contribution in [0.5, 0.6) is 0 Å². The number of nitrogens with one attached hydrogen (secondary N) is 1. The number of fused-ring (bicyclic) bond motifs is 3. The van der Waals surface area contributed by atoms with Gasteiger partial charge in [-0.1, -0.05) is 22.7 Å². The van der Waals surface area contributed by atoms with Gasteiger partial charge < -0.3 is 5.32 Å². The van der Waals surface area contributed by atoms with Gasteiger partial charge in [0.1, 0.15) is 11.9 Å². The van der Waals surface area contributed by atoms with Crippen molar-refractivity contribution in [3.05, 3.63) is 41.7 Å². The molecule has 0 spiro atoms. The highest BCUT2D eigenvalue weighted by Gasteiger charge is 2.52. The van der Waals surface area contributed by atoms with Crippen molar-refractivity contribution in [2.24, 2.45) is 4.99 Å². The molecule has 1 saturated heterocycles. The zero-order chi connectivity index (χ0) is 19.3. The molecule has 1 aromatic heterocycles. The minimum absolute atomic E-state index is 0.254. The number of aliphatic imine (C=N–C) groups is 1. The van der Waals surface area contributed by atoms with Crippen LogP contribution in [0.15, 0.2) is 35.5 Å². The van der Waals surface area contributed by atoms with Crippen LogP contribution in [0.3, 0.4) is 0 Å². The smallest absolute Gasteiger partial charge is 0.382 e. The molecule has 1 unspecified atom stereocenters. The van der Waals surface area contributed by atoms with Crippen molar-refractivity contribution < 1.29 is 14.2 Å². The largest absolute Gasteiger partial charge is 0.401 e. The number of benzene rings is 1. The van der Waals surface area contributed by atoms with Gasteiger partial charge in [0.05, 0.1) is 6.54 Å². The van der Waals surface area contributed by atoms with Gasteiger partial charge in [-0.25, -0.2) is 13.9 Å². The fourth-order valence-electron chi connectivity index (χ4n) is 3.57. The molecule has 8 nitrogen and oxygen atoms in total. The number of likely N-dealkylation sites (N-methyl/N-ethyl adjacent to an activating group) is 2. The molecule has 1 aromatic carbocycles. The molecule has 1 N–H and O–H groups in total. The summed E-state index contributed by atoms with van der Waals surface area (Å²) < 4.78 is 3.93. The Morgan fingerprint density at radius 2 is 1.81 bits per heavy atom. The predicted molar refractivity (Wildman–Crippen MR) is 101 cm³/mol. The standard InChI is InChI=1S/C19H23N6O2/c1-12-5-7-14(8-6-12)20-9-10-24-13(2)11-25-15-16(21-18(24)25)22(3)19(27)23(4)17(15)26/h5-8,11,15,20H,9-10H2,1-4H3/q+1. The Morgan fingerprint density at radius 3 is 2.52 bits per heavy atom. The van der Waals surface area contributed by atoms with E-state index in [2.05, 4.69) is 46.1 Å². The first-order chi connectivity index (χ1) is 12.9. The first-order valence-electron chi connectivity index (χ1n) is 8.94. The van der Waals surface area contributed by atoms with E-state index in [1.807, 2.05) is 17.7 Å². The number of aromatic nitrogens is 2. The lowest BCUT2D eigenvalue weighted by Crippen LogP contribution is -2.61. The fraction of sp³-hybridized carbons (Fsp3) is 0.368. The zero-order valence-corrected chi connectivity index (χ0v) is 15.9. The molecule has 8 heteroatoms. The topological polar surface area (TPSA) is 73.8 Å². The summed E-state index contributed by atoms with van der Waals surface area (Å²) in [5, 5.41) is 3.40. The van der Waals surface area contributed by atoms with E-state index in [0.29, 0.717) is 18.3 Å². The van der Waals surface area contributed by atoms with Gasteiger partial charge in [0, 0.05) is 26.3 Å². The van der Waals surface area contributed by atoms with E-state index < -0.39 is 6.04 Å². The number of amidine groups is 1. The number of rotatable bonds is 4. The Morgan fingerprint density at radius 1 is 1.11 bits per heavy atom. The number of imidazole rings is 1. The first-order valence-corrected chi connectivity index (χ1v) is 8.94. The Kier molecular flexibility index (Phi) is 3.98. The van der Waals surface area contributed by atoms with E-state index in [4.69, 9.17) is 0 Å². The van der Waals surface area contributed by atoms with E-state index in [0.717, 1.165) is 22.8 Å². The molecule has 0 aliphatic carbocycles. The second-order valence-electron chi connectivity index (χ2n) is 7.03. The van der Waals surface area contributed by atoms with Crippen LogP contribution in [0.25, 0.3) is 0 Å². The molecule has 1 fully saturated rings. The summed E-state index contributed by atoms with van der Waals surface area (Å²) in [5.41, 5.74) is 3.31. The number of anilines is 1. The number of hydrogen-bond donors (Lipinski definition) is 1. The number of imide groups is 1. The van der Waals surface area contributed by atoms with E-state index in [9.17, 15) is 9.59 Å². The van der Waals surface area contributed by atoms with Gasteiger partial charge in [0.25, 0.3) is 5.91 Å². The van der Waals surface area contributed by atoms with Gasteiger partial charge in [0.2, 0.25) is 11.9 Å². The van der Waals surface area contributed by atoms with Crippen molar-refractivity contribution >= 4 is 29.4 Å². The Hall–Kier alpha value is -3.16. The van der Waals surface area contributed by atoms with Gasteiger partial charge in [0.15, 0.2) is 0 Å². The summed E-state index contributed by atoms with van der Waals surface area (Å²) in [5.74, 6) is 0.926. The zero-order valence-electron chi connectivity index (χ0n) is 15.9. The Labute approximate surface area is 157 Å². The number of aryl methyl sites for hydroxylation is 2. The number of nitrogens with zero attached hydrogens (tertiary/aromatic N) is 5. The van der Waals surface area contributed by atoms with Gasteiger partial charge in [-0.2, -0.15) is 0 Å². The maximum atomic E-state index is 12.6. The molecule has 0 radical (unpaired) electrons. The molecule has 3 heterocycles. The van der Waals surface area contributed by atoms with Crippen LogP contribution in [-0.4, -0.2) is 52.8 Å². The van der Waals surface area contributed by atoms with Crippen LogP contribution in [0, 0.1) is 13.8 Å². The van der Waals surface area contributed by atoms with Crippen LogP contribution in [0.1, 0.15) is 17.3 Å². The predicted octanol–water partition coefficient (Wildman–Crippen LogP) is 1.61. The van der Waals surface area contributed by atoms with Gasteiger partial charge in [-0.15, -0.1) is 0 Å². The van der Waals surface area contributed by atoms with Crippen LogP contribution in [-0.2, 0) is 11.3 Å². The van der Waals surface area contributed by atoms with Crippen LogP contribution in [0.4, 0.5) is 16.4 Å². The van der Waals surface area contributed by atoms with Gasteiger partial charge in [-0.05, 0) is 26.0 Å².